The minimum Gasteiger partial charge on any atom is -0.398 e. The topological polar surface area (TPSA) is 35.5 Å². The van der Waals surface area contributed by atoms with E-state index >= 15 is 0 Å². The fraction of sp³-hybridized carbons (Fsp3) is 0.400. The summed E-state index contributed by atoms with van der Waals surface area (Å²) < 4.78 is 53.6. The van der Waals surface area contributed by atoms with Crippen molar-refractivity contribution in [1.82, 2.24) is 0 Å². The highest BCUT2D eigenvalue weighted by Crippen LogP contribution is 2.40. The molecule has 0 bridgehead atoms. The highest BCUT2D eigenvalue weighted by molar-refractivity contribution is 9.13. The predicted octanol–water partition coefficient (Wildman–Crippen LogP) is 5.24. The number of rotatable bonds is 3. The smallest absolute Gasteiger partial charge is 0.398 e. The zero-order chi connectivity index (χ0) is 18.4. The Morgan fingerprint density at radius 3 is 1.88 bits per heavy atom. The van der Waals surface area contributed by atoms with Gasteiger partial charge in [-0.3, -0.25) is 4.79 Å². The Morgan fingerprint density at radius 1 is 1.00 bits per heavy atom. The number of benzene rings is 1. The van der Waals surface area contributed by atoms with E-state index in [4.69, 9.17) is 9.31 Å². The zero-order valence-corrected chi connectivity index (χ0v) is 16.5. The summed E-state index contributed by atoms with van der Waals surface area (Å²) >= 11 is 6.02. The van der Waals surface area contributed by atoms with Crippen molar-refractivity contribution in [3.8, 4) is 0 Å². The van der Waals surface area contributed by atoms with Crippen LogP contribution in [0.3, 0.4) is 0 Å². The Labute approximate surface area is 155 Å². The highest BCUT2D eigenvalue weighted by atomic mass is 79.9. The van der Waals surface area contributed by atoms with Crippen molar-refractivity contribution in [1.29, 1.82) is 0 Å². The van der Waals surface area contributed by atoms with E-state index in [2.05, 4.69) is 31.9 Å². The summed E-state index contributed by atoms with van der Waals surface area (Å²) in [4.78, 5) is 10.9. The fourth-order valence-corrected chi connectivity index (χ4v) is 3.04. The van der Waals surface area contributed by atoms with Crippen LogP contribution in [0, 0.1) is 11.6 Å². The average Bonchev–Trinajstić information content (AvgIpc) is 2.70. The minimum atomic E-state index is -1.37. The molecule has 24 heavy (non-hydrogen) atoms. The van der Waals surface area contributed by atoms with E-state index in [1.807, 2.05) is 0 Å². The second-order valence-electron chi connectivity index (χ2n) is 6.32. The summed E-state index contributed by atoms with van der Waals surface area (Å²) in [5.41, 5.74) is -3.35. The molecule has 1 aromatic rings. The van der Waals surface area contributed by atoms with Gasteiger partial charge in [0.1, 0.15) is 5.73 Å². The summed E-state index contributed by atoms with van der Waals surface area (Å²) in [7, 11) is -1.34. The lowest BCUT2D eigenvalue weighted by atomic mass is 9.86. The van der Waals surface area contributed by atoms with Crippen LogP contribution in [-0.4, -0.2) is 24.6 Å². The van der Waals surface area contributed by atoms with Gasteiger partial charge in [-0.25, -0.2) is 13.2 Å². The lowest BCUT2D eigenvalue weighted by Crippen LogP contribution is -2.41. The maximum Gasteiger partial charge on any atom is 0.525 e. The lowest BCUT2D eigenvalue weighted by molar-refractivity contribution is 0.00578. The van der Waals surface area contributed by atoms with Crippen LogP contribution in [0.25, 0.3) is 6.08 Å². The normalized spacial score (nSPS) is 19.7. The van der Waals surface area contributed by atoms with E-state index in [9.17, 15) is 18.0 Å². The first-order chi connectivity index (χ1) is 10.9. The molecule has 1 fully saturated rings. The first-order valence-electron chi connectivity index (χ1n) is 6.96. The van der Waals surface area contributed by atoms with Gasteiger partial charge in [-0.2, -0.15) is 0 Å². The number of carbonyl (C=O) groups excluding carboxylic acids is 1. The summed E-state index contributed by atoms with van der Waals surface area (Å²) in [5, 5.41) is 0. The van der Waals surface area contributed by atoms with Crippen LogP contribution in [0.4, 0.5) is 13.2 Å². The molecule has 1 aliphatic rings. The van der Waals surface area contributed by atoms with E-state index in [0.717, 1.165) is 6.08 Å². The zero-order valence-electron chi connectivity index (χ0n) is 13.3. The summed E-state index contributed by atoms with van der Waals surface area (Å²) in [5.74, 6) is -2.72. The van der Waals surface area contributed by atoms with Gasteiger partial charge in [0.25, 0.3) is 0 Å². The largest absolute Gasteiger partial charge is 0.525 e. The lowest BCUT2D eigenvalue weighted by Gasteiger charge is -2.32. The third-order valence-electron chi connectivity index (χ3n) is 4.21. The predicted molar refractivity (Wildman–Crippen MR) is 92.3 cm³/mol. The third-order valence-corrected chi connectivity index (χ3v) is 6.39. The number of aldehydes is 1. The van der Waals surface area contributed by atoms with Crippen LogP contribution in [-0.2, 0) is 9.31 Å². The molecule has 0 unspecified atom stereocenters. The molecule has 1 aliphatic heterocycles. The van der Waals surface area contributed by atoms with Crippen molar-refractivity contribution < 1.29 is 27.3 Å². The van der Waals surface area contributed by atoms with Crippen molar-refractivity contribution >= 4 is 51.3 Å². The molecule has 9 heteroatoms. The number of hydrogen-bond acceptors (Lipinski definition) is 3. The first kappa shape index (κ1) is 19.7. The molecule has 0 radical (unpaired) electrons. The van der Waals surface area contributed by atoms with E-state index in [1.165, 1.54) is 0 Å². The minimum absolute atomic E-state index is 0.00941. The van der Waals surface area contributed by atoms with Crippen molar-refractivity contribution in [3.63, 3.8) is 0 Å². The molecule has 130 valence electrons. The molecule has 0 N–H and O–H groups in total. The molecule has 2 rings (SSSR count). The summed E-state index contributed by atoms with van der Waals surface area (Å²) in [6.07, 6.45) is 0.954. The second kappa shape index (κ2) is 6.59. The van der Waals surface area contributed by atoms with E-state index in [-0.39, 0.29) is 15.2 Å². The Bertz CT molecular complexity index is 690. The van der Waals surface area contributed by atoms with Gasteiger partial charge in [-0.1, -0.05) is 0 Å². The molecule has 1 heterocycles. The highest BCUT2D eigenvalue weighted by Gasteiger charge is 2.53. The Morgan fingerprint density at radius 2 is 1.42 bits per heavy atom. The molecule has 0 spiro atoms. The van der Waals surface area contributed by atoms with Gasteiger partial charge >= 0.3 is 7.12 Å². The van der Waals surface area contributed by atoms with E-state index < -0.39 is 46.8 Å². The molecule has 0 amide bonds. The molecule has 0 saturated carbocycles. The molecule has 0 aliphatic carbocycles. The molecule has 1 saturated heterocycles. The van der Waals surface area contributed by atoms with Gasteiger partial charge in [0.2, 0.25) is 0 Å². The number of carbonyl (C=O) groups is 1. The Hall–Kier alpha value is -0.635. The van der Waals surface area contributed by atoms with Crippen molar-refractivity contribution in [2.75, 3.05) is 0 Å². The van der Waals surface area contributed by atoms with Gasteiger partial charge in [0.05, 0.1) is 16.8 Å². The molecular weight excluding hydrogens is 456 g/mol. The first-order valence-corrected chi connectivity index (χ1v) is 8.55. The van der Waals surface area contributed by atoms with E-state index in [1.54, 1.807) is 27.7 Å². The molecule has 0 aromatic heterocycles. The standard InChI is InChI=1S/C15H14BBr2F3O3/c1-14(2)15(3,4)24-16(23-14)9(19)5-7-10(17)11(18)8(6-22)13(21)12(7)20/h5-6H,1-4H3. The van der Waals surface area contributed by atoms with Crippen molar-refractivity contribution in [3.05, 3.63) is 37.4 Å². The summed E-state index contributed by atoms with van der Waals surface area (Å²) in [6.45, 7) is 6.97. The van der Waals surface area contributed by atoms with Crippen molar-refractivity contribution in [2.24, 2.45) is 0 Å². The summed E-state index contributed by atoms with van der Waals surface area (Å²) in [6, 6.07) is 0. The van der Waals surface area contributed by atoms with Gasteiger partial charge < -0.3 is 9.31 Å². The van der Waals surface area contributed by atoms with E-state index in [0.29, 0.717) is 0 Å². The second-order valence-corrected chi connectivity index (χ2v) is 7.90. The Balaban J connectivity index is 2.48. The maximum atomic E-state index is 14.5. The van der Waals surface area contributed by atoms with Crippen LogP contribution in [0.15, 0.2) is 14.7 Å². The molecule has 1 aromatic carbocycles. The van der Waals surface area contributed by atoms with Gasteiger partial charge in [-0.05, 0) is 65.6 Å². The monoisotopic (exact) mass is 468 g/mol. The van der Waals surface area contributed by atoms with Crippen LogP contribution >= 0.6 is 31.9 Å². The van der Waals surface area contributed by atoms with Gasteiger partial charge in [-0.15, -0.1) is 0 Å². The van der Waals surface area contributed by atoms with Crippen LogP contribution < -0.4 is 0 Å². The van der Waals surface area contributed by atoms with Gasteiger partial charge in [0, 0.05) is 14.5 Å². The molecule has 3 nitrogen and oxygen atoms in total. The number of halogens is 5. The number of hydrogen-bond donors (Lipinski definition) is 0. The van der Waals surface area contributed by atoms with Crippen LogP contribution in [0.5, 0.6) is 0 Å². The Kier molecular flexibility index (Phi) is 5.40. The SMILES string of the molecule is CC1(C)OB(C(F)=Cc2c(F)c(F)c(C=O)c(Br)c2Br)OC1(C)C. The fourth-order valence-electron chi connectivity index (χ4n) is 2.06. The molecule has 0 atom stereocenters. The van der Waals surface area contributed by atoms with Crippen molar-refractivity contribution in [2.45, 2.75) is 38.9 Å². The van der Waals surface area contributed by atoms with Crippen LogP contribution in [0.2, 0.25) is 0 Å². The molecular formula is C15H14BBr2F3O3. The van der Waals surface area contributed by atoms with Gasteiger partial charge in [0.15, 0.2) is 17.9 Å². The average molecular weight is 470 g/mol. The third kappa shape index (κ3) is 3.23. The van der Waals surface area contributed by atoms with Crippen LogP contribution in [0.1, 0.15) is 43.6 Å². The maximum absolute atomic E-state index is 14.5. The quantitative estimate of drug-likeness (QED) is 0.345.